The minimum Gasteiger partial charge on any atom is -0.334 e. The van der Waals surface area contributed by atoms with Crippen molar-refractivity contribution in [3.63, 3.8) is 0 Å². The molecule has 2 aliphatic heterocycles. The molecule has 2 amide bonds. The Morgan fingerprint density at radius 2 is 2.08 bits per heavy atom. The van der Waals surface area contributed by atoms with Crippen LogP contribution in [0.25, 0.3) is 0 Å². The van der Waals surface area contributed by atoms with Crippen molar-refractivity contribution in [3.8, 4) is 0 Å². The summed E-state index contributed by atoms with van der Waals surface area (Å²) in [6.45, 7) is 0.930. The van der Waals surface area contributed by atoms with Crippen molar-refractivity contribution in [1.29, 1.82) is 0 Å². The summed E-state index contributed by atoms with van der Waals surface area (Å²) in [4.78, 5) is 28.9. The molecule has 5 heteroatoms. The van der Waals surface area contributed by atoms with Crippen molar-refractivity contribution in [2.75, 3.05) is 18.0 Å². The predicted molar refractivity (Wildman–Crippen MR) is 95.1 cm³/mol. The lowest BCUT2D eigenvalue weighted by Crippen LogP contribution is -2.44. The molecule has 0 spiro atoms. The largest absolute Gasteiger partial charge is 0.334 e. The molecule has 24 heavy (non-hydrogen) atoms. The van der Waals surface area contributed by atoms with Gasteiger partial charge in [-0.3, -0.25) is 9.59 Å². The van der Waals surface area contributed by atoms with Gasteiger partial charge in [0, 0.05) is 18.7 Å². The van der Waals surface area contributed by atoms with Crippen LogP contribution in [0.4, 0.5) is 5.69 Å². The number of carbonyl (C=O) groups excluding carboxylic acids is 2. The summed E-state index contributed by atoms with van der Waals surface area (Å²) in [5, 5.41) is 4.18. The molecular weight excluding hydrogens is 320 g/mol. The van der Waals surface area contributed by atoms with Gasteiger partial charge in [-0.1, -0.05) is 18.2 Å². The van der Waals surface area contributed by atoms with Crippen molar-refractivity contribution < 1.29 is 9.59 Å². The molecule has 4 nitrogen and oxygen atoms in total. The number of thiophene rings is 1. The molecule has 0 saturated carbocycles. The highest BCUT2D eigenvalue weighted by Crippen LogP contribution is 2.34. The summed E-state index contributed by atoms with van der Waals surface area (Å²) in [7, 11) is 0. The number of aryl methyl sites for hydroxylation is 1. The maximum absolute atomic E-state index is 12.9. The smallest absolute Gasteiger partial charge is 0.243 e. The van der Waals surface area contributed by atoms with Gasteiger partial charge in [0.2, 0.25) is 11.8 Å². The van der Waals surface area contributed by atoms with Crippen molar-refractivity contribution in [3.05, 3.63) is 52.2 Å². The van der Waals surface area contributed by atoms with Crippen molar-refractivity contribution >= 4 is 28.8 Å². The number of anilines is 1. The van der Waals surface area contributed by atoms with E-state index < -0.39 is 0 Å². The zero-order valence-electron chi connectivity index (χ0n) is 13.5. The Bertz CT molecular complexity index is 756. The van der Waals surface area contributed by atoms with Gasteiger partial charge < -0.3 is 9.80 Å². The Kier molecular flexibility index (Phi) is 4.10. The molecule has 0 N–H and O–H groups in total. The van der Waals surface area contributed by atoms with E-state index in [-0.39, 0.29) is 24.4 Å². The molecule has 2 aliphatic rings. The highest BCUT2D eigenvalue weighted by molar-refractivity contribution is 7.08. The van der Waals surface area contributed by atoms with Crippen molar-refractivity contribution in [1.82, 2.24) is 4.90 Å². The Balaban J connectivity index is 1.55. The van der Waals surface area contributed by atoms with E-state index in [4.69, 9.17) is 0 Å². The summed E-state index contributed by atoms with van der Waals surface area (Å²) in [5.41, 5.74) is 3.27. The molecular formula is C19H20N2O2S. The number of hydrogen-bond donors (Lipinski definition) is 0. The number of nitrogens with zero attached hydrogens (tertiary/aromatic N) is 2. The van der Waals surface area contributed by atoms with Gasteiger partial charge in [0.15, 0.2) is 0 Å². The van der Waals surface area contributed by atoms with Crippen LogP contribution in [0.2, 0.25) is 0 Å². The fourth-order valence-corrected chi connectivity index (χ4v) is 4.48. The summed E-state index contributed by atoms with van der Waals surface area (Å²) in [5.74, 6) is 0.0992. The minimum atomic E-state index is 0.0494. The van der Waals surface area contributed by atoms with Gasteiger partial charge in [-0.05, 0) is 53.3 Å². The number of hydrogen-bond acceptors (Lipinski definition) is 3. The average Bonchev–Trinajstić information content (AvgIpc) is 3.28. The number of benzene rings is 1. The maximum atomic E-state index is 12.9. The van der Waals surface area contributed by atoms with Gasteiger partial charge in [0.1, 0.15) is 6.54 Å². The molecule has 1 aromatic carbocycles. The molecule has 1 atom stereocenters. The maximum Gasteiger partial charge on any atom is 0.243 e. The number of fused-ring (bicyclic) bond motifs is 1. The third kappa shape index (κ3) is 2.73. The van der Waals surface area contributed by atoms with Crippen LogP contribution in [-0.2, 0) is 16.0 Å². The van der Waals surface area contributed by atoms with E-state index >= 15 is 0 Å². The first-order valence-corrected chi connectivity index (χ1v) is 9.38. The monoisotopic (exact) mass is 340 g/mol. The van der Waals surface area contributed by atoms with Crippen LogP contribution in [0, 0.1) is 0 Å². The second kappa shape index (κ2) is 6.40. The van der Waals surface area contributed by atoms with Gasteiger partial charge in [-0.25, -0.2) is 0 Å². The Labute approximate surface area is 145 Å². The Hall–Kier alpha value is -2.14. The summed E-state index contributed by atoms with van der Waals surface area (Å²) in [6.07, 6.45) is 3.28. The molecule has 1 fully saturated rings. The third-order valence-corrected chi connectivity index (χ3v) is 5.69. The van der Waals surface area contributed by atoms with E-state index in [1.807, 2.05) is 29.2 Å². The number of carbonyl (C=O) groups is 2. The molecule has 4 rings (SSSR count). The fourth-order valence-electron chi connectivity index (χ4n) is 3.77. The quantitative estimate of drug-likeness (QED) is 0.859. The summed E-state index contributed by atoms with van der Waals surface area (Å²) >= 11 is 1.66. The van der Waals surface area contributed by atoms with E-state index in [9.17, 15) is 9.59 Å². The van der Waals surface area contributed by atoms with E-state index in [0.717, 1.165) is 37.1 Å². The normalized spacial score (nSPS) is 20.3. The van der Waals surface area contributed by atoms with Gasteiger partial charge in [0.25, 0.3) is 0 Å². The second-order valence-corrected chi connectivity index (χ2v) is 7.19. The average molecular weight is 340 g/mol. The molecule has 3 heterocycles. The number of amides is 2. The van der Waals surface area contributed by atoms with Gasteiger partial charge in [-0.15, -0.1) is 0 Å². The van der Waals surface area contributed by atoms with Crippen LogP contribution in [0.15, 0.2) is 41.1 Å². The van der Waals surface area contributed by atoms with Crippen molar-refractivity contribution in [2.24, 2.45) is 0 Å². The molecule has 0 bridgehead atoms. The number of rotatable bonds is 3. The van der Waals surface area contributed by atoms with E-state index in [1.165, 1.54) is 5.56 Å². The summed E-state index contributed by atoms with van der Waals surface area (Å²) < 4.78 is 0. The molecule has 1 unspecified atom stereocenters. The fraction of sp³-hybridized carbons (Fsp3) is 0.368. The van der Waals surface area contributed by atoms with Crippen LogP contribution in [-0.4, -0.2) is 29.8 Å². The standard InChI is InChI=1S/C19H20N2O2S/c22-18-8-7-14-4-1-2-5-16(14)21(18)12-19(23)20-10-3-6-17(20)15-9-11-24-13-15/h1-2,4-5,9,11,13,17H,3,6-8,10,12H2. The lowest BCUT2D eigenvalue weighted by atomic mass is 10.0. The zero-order chi connectivity index (χ0) is 16.5. The Morgan fingerprint density at radius 1 is 1.21 bits per heavy atom. The van der Waals surface area contributed by atoms with Crippen molar-refractivity contribution in [2.45, 2.75) is 31.7 Å². The zero-order valence-corrected chi connectivity index (χ0v) is 14.3. The van der Waals surface area contributed by atoms with Crippen LogP contribution in [0.5, 0.6) is 0 Å². The number of likely N-dealkylation sites (tertiary alicyclic amines) is 1. The van der Waals surface area contributed by atoms with Gasteiger partial charge in [-0.2, -0.15) is 11.3 Å². The predicted octanol–water partition coefficient (Wildman–Crippen LogP) is 3.39. The van der Waals surface area contributed by atoms with E-state index in [2.05, 4.69) is 16.8 Å². The molecule has 124 valence electrons. The third-order valence-electron chi connectivity index (χ3n) is 4.99. The topological polar surface area (TPSA) is 40.6 Å². The molecule has 1 aromatic heterocycles. The lowest BCUT2D eigenvalue weighted by Gasteiger charge is -2.32. The van der Waals surface area contributed by atoms with Crippen LogP contribution in [0.1, 0.15) is 36.4 Å². The van der Waals surface area contributed by atoms with Gasteiger partial charge >= 0.3 is 0 Å². The van der Waals surface area contributed by atoms with Gasteiger partial charge in [0.05, 0.1) is 6.04 Å². The first-order chi connectivity index (χ1) is 11.7. The first-order valence-electron chi connectivity index (χ1n) is 8.44. The summed E-state index contributed by atoms with van der Waals surface area (Å²) in [6, 6.07) is 10.2. The lowest BCUT2D eigenvalue weighted by molar-refractivity contribution is -0.132. The van der Waals surface area contributed by atoms with Crippen LogP contribution < -0.4 is 4.90 Å². The highest BCUT2D eigenvalue weighted by Gasteiger charge is 2.33. The Morgan fingerprint density at radius 3 is 2.92 bits per heavy atom. The molecule has 1 saturated heterocycles. The number of para-hydroxylation sites is 1. The SMILES string of the molecule is O=C1CCc2ccccc2N1CC(=O)N1CCCC1c1ccsc1. The van der Waals surface area contributed by atoms with E-state index in [1.54, 1.807) is 16.2 Å². The second-order valence-electron chi connectivity index (χ2n) is 6.41. The van der Waals surface area contributed by atoms with Crippen LogP contribution in [0.3, 0.4) is 0 Å². The van der Waals surface area contributed by atoms with E-state index in [0.29, 0.717) is 6.42 Å². The molecule has 0 radical (unpaired) electrons. The van der Waals surface area contributed by atoms with Crippen LogP contribution >= 0.6 is 11.3 Å². The molecule has 0 aliphatic carbocycles. The first kappa shape index (κ1) is 15.4. The highest BCUT2D eigenvalue weighted by atomic mass is 32.1. The minimum absolute atomic E-state index is 0.0494. The molecule has 2 aromatic rings.